The molecule has 0 amide bonds. The van der Waals surface area contributed by atoms with Crippen LogP contribution in [0.15, 0.2) is 18.5 Å². The molecule has 1 N–H and O–H groups in total. The van der Waals surface area contributed by atoms with Crippen LogP contribution >= 0.6 is 0 Å². The summed E-state index contributed by atoms with van der Waals surface area (Å²) in [6.45, 7) is 4.24. The number of hydrogen-bond donors (Lipinski definition) is 1. The van der Waals surface area contributed by atoms with Crippen molar-refractivity contribution in [3.8, 4) is 5.75 Å². The molecule has 1 atom stereocenters. The molecule has 0 bridgehead atoms. The van der Waals surface area contributed by atoms with Gasteiger partial charge in [0.05, 0.1) is 11.9 Å². The number of aromatic nitrogens is 1. The highest BCUT2D eigenvalue weighted by Gasteiger charge is 2.23. The molecular formula is C9H12N2O. The molecule has 1 aromatic rings. The van der Waals surface area contributed by atoms with Gasteiger partial charge < -0.3 is 10.1 Å². The van der Waals surface area contributed by atoms with E-state index in [1.165, 1.54) is 0 Å². The molecule has 2 heterocycles. The van der Waals surface area contributed by atoms with Gasteiger partial charge in [0.1, 0.15) is 0 Å². The van der Waals surface area contributed by atoms with Gasteiger partial charge in [-0.2, -0.15) is 0 Å². The number of ether oxygens (including phenoxy) is 1. The predicted molar refractivity (Wildman–Crippen MR) is 47.1 cm³/mol. The molecule has 0 saturated heterocycles. The zero-order chi connectivity index (χ0) is 8.55. The van der Waals surface area contributed by atoms with E-state index >= 15 is 0 Å². The molecule has 3 nitrogen and oxygen atoms in total. The number of anilines is 1. The molecular weight excluding hydrogens is 152 g/mol. The summed E-state index contributed by atoms with van der Waals surface area (Å²) in [5.41, 5.74) is 1.05. The van der Waals surface area contributed by atoms with Crippen molar-refractivity contribution in [2.24, 2.45) is 5.92 Å². The first kappa shape index (κ1) is 7.40. The van der Waals surface area contributed by atoms with Gasteiger partial charge in [0, 0.05) is 12.1 Å². The van der Waals surface area contributed by atoms with Crippen molar-refractivity contribution in [1.29, 1.82) is 0 Å². The van der Waals surface area contributed by atoms with E-state index in [2.05, 4.69) is 24.1 Å². The summed E-state index contributed by atoms with van der Waals surface area (Å²) < 4.78 is 5.59. The van der Waals surface area contributed by atoms with Gasteiger partial charge in [0.15, 0.2) is 12.0 Å². The van der Waals surface area contributed by atoms with E-state index in [1.807, 2.05) is 6.07 Å². The number of hydrogen-bond acceptors (Lipinski definition) is 3. The lowest BCUT2D eigenvalue weighted by atomic mass is 10.2. The average Bonchev–Trinajstić information content (AvgIpc) is 2.46. The predicted octanol–water partition coefficient (Wildman–Crippen LogP) is 1.87. The molecule has 12 heavy (non-hydrogen) atoms. The molecule has 1 aliphatic heterocycles. The Balaban J connectivity index is 2.22. The quantitative estimate of drug-likeness (QED) is 0.688. The van der Waals surface area contributed by atoms with Crippen LogP contribution in [0.2, 0.25) is 0 Å². The first-order valence-electron chi connectivity index (χ1n) is 4.14. The van der Waals surface area contributed by atoms with Crippen molar-refractivity contribution < 1.29 is 4.74 Å². The molecule has 0 saturated carbocycles. The number of nitrogens with one attached hydrogen (secondary N) is 1. The van der Waals surface area contributed by atoms with Crippen molar-refractivity contribution in [1.82, 2.24) is 4.98 Å². The second-order valence-corrected chi connectivity index (χ2v) is 3.30. The minimum atomic E-state index is 0.101. The first-order valence-corrected chi connectivity index (χ1v) is 4.14. The maximum absolute atomic E-state index is 5.59. The molecule has 64 valence electrons. The van der Waals surface area contributed by atoms with Crippen LogP contribution in [0.25, 0.3) is 0 Å². The number of nitrogens with zero attached hydrogens (tertiary/aromatic N) is 1. The van der Waals surface area contributed by atoms with Gasteiger partial charge in [-0.05, 0) is 6.07 Å². The Bertz CT molecular complexity index is 261. The van der Waals surface area contributed by atoms with Crippen LogP contribution in [0, 0.1) is 5.92 Å². The Labute approximate surface area is 71.8 Å². The number of fused-ring (bicyclic) bond motifs is 1. The zero-order valence-corrected chi connectivity index (χ0v) is 7.24. The molecule has 0 aliphatic carbocycles. The summed E-state index contributed by atoms with van der Waals surface area (Å²) in [5, 5.41) is 3.27. The highest BCUT2D eigenvalue weighted by Crippen LogP contribution is 2.32. The third-order valence-electron chi connectivity index (χ3n) is 1.94. The maximum Gasteiger partial charge on any atom is 0.172 e. The highest BCUT2D eigenvalue weighted by molar-refractivity contribution is 5.58. The lowest BCUT2D eigenvalue weighted by molar-refractivity contribution is 0.198. The van der Waals surface area contributed by atoms with Gasteiger partial charge in [-0.3, -0.25) is 4.98 Å². The summed E-state index contributed by atoms with van der Waals surface area (Å²) in [6.07, 6.45) is 3.60. The Kier molecular flexibility index (Phi) is 1.64. The van der Waals surface area contributed by atoms with Crippen LogP contribution in [0.1, 0.15) is 13.8 Å². The molecule has 1 aliphatic rings. The van der Waals surface area contributed by atoms with E-state index in [9.17, 15) is 0 Å². The van der Waals surface area contributed by atoms with E-state index < -0.39 is 0 Å². The molecule has 0 fully saturated rings. The van der Waals surface area contributed by atoms with Crippen LogP contribution in [-0.2, 0) is 0 Å². The van der Waals surface area contributed by atoms with Gasteiger partial charge in [0.2, 0.25) is 0 Å². The fourth-order valence-electron chi connectivity index (χ4n) is 1.22. The van der Waals surface area contributed by atoms with Gasteiger partial charge >= 0.3 is 0 Å². The fraction of sp³-hybridized carbons (Fsp3) is 0.444. The topological polar surface area (TPSA) is 34.2 Å². The Morgan fingerprint density at radius 1 is 1.58 bits per heavy atom. The maximum atomic E-state index is 5.59. The Morgan fingerprint density at radius 3 is 3.08 bits per heavy atom. The van der Waals surface area contributed by atoms with E-state index in [0.717, 1.165) is 11.4 Å². The summed E-state index contributed by atoms with van der Waals surface area (Å²) in [7, 11) is 0. The van der Waals surface area contributed by atoms with Crippen LogP contribution in [0.5, 0.6) is 5.75 Å². The van der Waals surface area contributed by atoms with E-state index in [-0.39, 0.29) is 6.23 Å². The third kappa shape index (κ3) is 1.11. The minimum absolute atomic E-state index is 0.101. The molecule has 0 radical (unpaired) electrons. The fourth-order valence-corrected chi connectivity index (χ4v) is 1.22. The summed E-state index contributed by atoms with van der Waals surface area (Å²) in [6, 6.07) is 1.93. The third-order valence-corrected chi connectivity index (χ3v) is 1.94. The van der Waals surface area contributed by atoms with Crippen LogP contribution in [0.4, 0.5) is 5.69 Å². The first-order chi connectivity index (χ1) is 5.77. The molecule has 1 unspecified atom stereocenters. The zero-order valence-electron chi connectivity index (χ0n) is 7.24. The van der Waals surface area contributed by atoms with Crippen molar-refractivity contribution >= 4 is 5.69 Å². The highest BCUT2D eigenvalue weighted by atomic mass is 16.5. The van der Waals surface area contributed by atoms with Gasteiger partial charge in [-0.25, -0.2) is 0 Å². The van der Waals surface area contributed by atoms with Gasteiger partial charge in [0.25, 0.3) is 0 Å². The van der Waals surface area contributed by atoms with E-state index in [4.69, 9.17) is 4.74 Å². The van der Waals surface area contributed by atoms with Crippen molar-refractivity contribution in [3.63, 3.8) is 0 Å². The normalized spacial score (nSPS) is 20.1. The van der Waals surface area contributed by atoms with Crippen LogP contribution < -0.4 is 10.1 Å². The molecule has 0 aromatic carbocycles. The summed E-state index contributed by atoms with van der Waals surface area (Å²) in [4.78, 5) is 3.99. The smallest absolute Gasteiger partial charge is 0.172 e. The second-order valence-electron chi connectivity index (χ2n) is 3.30. The molecule has 2 rings (SSSR count). The monoisotopic (exact) mass is 164 g/mol. The van der Waals surface area contributed by atoms with E-state index in [0.29, 0.717) is 5.92 Å². The summed E-state index contributed by atoms with van der Waals surface area (Å²) >= 11 is 0. The molecule has 0 spiro atoms. The van der Waals surface area contributed by atoms with Crippen molar-refractivity contribution in [2.45, 2.75) is 20.1 Å². The van der Waals surface area contributed by atoms with Crippen LogP contribution in [0.3, 0.4) is 0 Å². The van der Waals surface area contributed by atoms with Crippen LogP contribution in [-0.4, -0.2) is 11.2 Å². The van der Waals surface area contributed by atoms with E-state index in [1.54, 1.807) is 12.4 Å². The molecule has 3 heteroatoms. The lowest BCUT2D eigenvalue weighted by Crippen LogP contribution is -2.26. The standard InChI is InChI=1S/C9H12N2O/c1-6(2)9-11-7-3-4-10-5-8(7)12-9/h3-6,9,11H,1-2H3. The van der Waals surface area contributed by atoms with Gasteiger partial charge in [-0.15, -0.1) is 0 Å². The van der Waals surface area contributed by atoms with Crippen molar-refractivity contribution in [3.05, 3.63) is 18.5 Å². The Morgan fingerprint density at radius 2 is 2.42 bits per heavy atom. The second kappa shape index (κ2) is 2.66. The van der Waals surface area contributed by atoms with Gasteiger partial charge in [-0.1, -0.05) is 13.8 Å². The largest absolute Gasteiger partial charge is 0.467 e. The SMILES string of the molecule is CC(C)C1Nc2ccncc2O1. The number of pyridine rings is 1. The van der Waals surface area contributed by atoms with Crippen molar-refractivity contribution in [2.75, 3.05) is 5.32 Å². The molecule has 1 aromatic heterocycles. The Hall–Kier alpha value is -1.25. The number of rotatable bonds is 1. The summed E-state index contributed by atoms with van der Waals surface area (Å²) in [5.74, 6) is 1.33. The minimum Gasteiger partial charge on any atom is -0.467 e. The average molecular weight is 164 g/mol. The lowest BCUT2D eigenvalue weighted by Gasteiger charge is -2.14.